The van der Waals surface area contributed by atoms with Gasteiger partial charge in [0, 0.05) is 12.7 Å². The lowest BCUT2D eigenvalue weighted by Gasteiger charge is -2.12. The van der Waals surface area contributed by atoms with E-state index < -0.39 is 0 Å². The van der Waals surface area contributed by atoms with Gasteiger partial charge in [0.25, 0.3) is 0 Å². The maximum absolute atomic E-state index is 5.78. The molecule has 0 saturated carbocycles. The van der Waals surface area contributed by atoms with Crippen LogP contribution in [0.25, 0.3) is 5.57 Å². The third-order valence-electron chi connectivity index (χ3n) is 3.18. The van der Waals surface area contributed by atoms with Crippen LogP contribution in [0.2, 0.25) is 0 Å². The first-order valence-corrected chi connectivity index (χ1v) is 7.73. The van der Waals surface area contributed by atoms with Gasteiger partial charge in [-0.25, -0.2) is 0 Å². The number of nitrogens with one attached hydrogen (secondary N) is 1. The van der Waals surface area contributed by atoms with Gasteiger partial charge in [0.15, 0.2) is 0 Å². The van der Waals surface area contributed by atoms with Crippen molar-refractivity contribution in [1.29, 1.82) is 0 Å². The zero-order chi connectivity index (χ0) is 15.5. The Bertz CT molecular complexity index is 427. The van der Waals surface area contributed by atoms with Gasteiger partial charge in [-0.1, -0.05) is 38.1 Å². The number of rotatable bonds is 10. The van der Waals surface area contributed by atoms with Crippen LogP contribution in [0.4, 0.5) is 0 Å². The van der Waals surface area contributed by atoms with Crippen molar-refractivity contribution < 1.29 is 9.47 Å². The van der Waals surface area contributed by atoms with Crippen molar-refractivity contribution in [2.75, 3.05) is 33.4 Å². The molecule has 0 aliphatic carbocycles. The van der Waals surface area contributed by atoms with Crippen molar-refractivity contribution in [1.82, 2.24) is 5.32 Å². The normalized spacial score (nSPS) is 12.0. The molecule has 0 fully saturated rings. The van der Waals surface area contributed by atoms with Gasteiger partial charge >= 0.3 is 0 Å². The third kappa shape index (κ3) is 7.30. The summed E-state index contributed by atoms with van der Waals surface area (Å²) in [5, 5.41) is 3.46. The molecule has 0 amide bonds. The second-order valence-electron chi connectivity index (χ2n) is 5.61. The van der Waals surface area contributed by atoms with Gasteiger partial charge in [-0.05, 0) is 44.0 Å². The lowest BCUT2D eigenvalue weighted by molar-refractivity contribution is 0.146. The minimum atomic E-state index is 0.580. The Morgan fingerprint density at radius 1 is 1.24 bits per heavy atom. The van der Waals surface area contributed by atoms with Crippen LogP contribution in [0.5, 0.6) is 5.75 Å². The zero-order valence-electron chi connectivity index (χ0n) is 13.8. The molecule has 0 aromatic heterocycles. The number of hydrogen-bond acceptors (Lipinski definition) is 3. The fourth-order valence-electron chi connectivity index (χ4n) is 2.04. The molecule has 1 aromatic carbocycles. The van der Waals surface area contributed by atoms with Crippen LogP contribution in [0.1, 0.15) is 32.8 Å². The van der Waals surface area contributed by atoms with Crippen LogP contribution in [0.15, 0.2) is 30.3 Å². The van der Waals surface area contributed by atoms with Crippen LogP contribution in [0.3, 0.4) is 0 Å². The van der Waals surface area contributed by atoms with Crippen molar-refractivity contribution in [2.24, 2.45) is 5.92 Å². The summed E-state index contributed by atoms with van der Waals surface area (Å²) in [5.74, 6) is 1.63. The zero-order valence-corrected chi connectivity index (χ0v) is 13.8. The number of allylic oxidation sites excluding steroid dienone is 1. The highest BCUT2D eigenvalue weighted by molar-refractivity contribution is 5.68. The first kappa shape index (κ1) is 17.7. The van der Waals surface area contributed by atoms with Gasteiger partial charge in [-0.15, -0.1) is 0 Å². The van der Waals surface area contributed by atoms with E-state index in [1.165, 1.54) is 5.57 Å². The van der Waals surface area contributed by atoms with Crippen LogP contribution in [0, 0.1) is 5.92 Å². The van der Waals surface area contributed by atoms with E-state index in [1.807, 2.05) is 18.2 Å². The predicted molar refractivity (Wildman–Crippen MR) is 89.8 cm³/mol. The Kier molecular flexibility index (Phi) is 8.79. The number of hydrogen-bond donors (Lipinski definition) is 1. The molecule has 1 aromatic rings. The molecular weight excluding hydrogens is 262 g/mol. The topological polar surface area (TPSA) is 30.5 Å². The average molecular weight is 291 g/mol. The Labute approximate surface area is 129 Å². The molecule has 1 N–H and O–H groups in total. The first-order valence-electron chi connectivity index (χ1n) is 7.73. The van der Waals surface area contributed by atoms with Gasteiger partial charge in [-0.3, -0.25) is 0 Å². The smallest absolute Gasteiger partial charge is 0.126 e. The second-order valence-corrected chi connectivity index (χ2v) is 5.61. The maximum atomic E-state index is 5.78. The monoisotopic (exact) mass is 291 g/mol. The molecule has 0 aliphatic heterocycles. The molecular formula is C18H29NO2. The Morgan fingerprint density at radius 3 is 2.71 bits per heavy atom. The van der Waals surface area contributed by atoms with Gasteiger partial charge in [0.2, 0.25) is 0 Å². The molecule has 0 bridgehead atoms. The van der Waals surface area contributed by atoms with Crippen LogP contribution in [-0.2, 0) is 4.74 Å². The molecule has 0 atom stereocenters. The predicted octanol–water partition coefficient (Wildman–Crippen LogP) is 3.75. The fourth-order valence-corrected chi connectivity index (χ4v) is 2.04. The highest BCUT2D eigenvalue weighted by Crippen LogP contribution is 2.25. The third-order valence-corrected chi connectivity index (χ3v) is 3.18. The Balaban J connectivity index is 2.53. The Morgan fingerprint density at radius 2 is 2.00 bits per heavy atom. The SMILES string of the molecule is COCCOc1ccccc1/C(C)=C/CCNCC(C)C. The van der Waals surface area contributed by atoms with E-state index in [1.54, 1.807) is 7.11 Å². The van der Waals surface area contributed by atoms with Crippen molar-refractivity contribution >= 4 is 5.57 Å². The molecule has 0 saturated heterocycles. The molecule has 0 radical (unpaired) electrons. The lowest BCUT2D eigenvalue weighted by atomic mass is 10.1. The quantitative estimate of drug-likeness (QED) is 0.666. The summed E-state index contributed by atoms with van der Waals surface area (Å²) in [6.07, 6.45) is 3.30. The van der Waals surface area contributed by atoms with E-state index >= 15 is 0 Å². The summed E-state index contributed by atoms with van der Waals surface area (Å²) in [6, 6.07) is 8.17. The summed E-state index contributed by atoms with van der Waals surface area (Å²) in [6.45, 7) is 9.86. The first-order chi connectivity index (χ1) is 10.1. The van der Waals surface area contributed by atoms with E-state index in [4.69, 9.17) is 9.47 Å². The minimum Gasteiger partial charge on any atom is -0.491 e. The van der Waals surface area contributed by atoms with Crippen LogP contribution >= 0.6 is 0 Å². The van der Waals surface area contributed by atoms with Crippen molar-refractivity contribution in [3.8, 4) is 5.75 Å². The molecule has 0 aliphatic rings. The number of ether oxygens (including phenoxy) is 2. The second kappa shape index (κ2) is 10.4. The molecule has 3 nitrogen and oxygen atoms in total. The van der Waals surface area contributed by atoms with E-state index in [-0.39, 0.29) is 0 Å². The highest BCUT2D eigenvalue weighted by Gasteiger charge is 2.04. The summed E-state index contributed by atoms with van der Waals surface area (Å²) in [5.41, 5.74) is 2.42. The standard InChI is InChI=1S/C18H29NO2/c1-15(2)14-19-11-7-8-16(3)17-9-5-6-10-18(17)21-13-12-20-4/h5-6,8-10,15,19H,7,11-14H2,1-4H3/b16-8+. The molecule has 1 rings (SSSR count). The van der Waals surface area contributed by atoms with Crippen LogP contribution in [-0.4, -0.2) is 33.4 Å². The lowest BCUT2D eigenvalue weighted by Crippen LogP contribution is -2.20. The fraction of sp³-hybridized carbons (Fsp3) is 0.556. The van der Waals surface area contributed by atoms with E-state index in [2.05, 4.69) is 38.2 Å². The van der Waals surface area contributed by atoms with Gasteiger partial charge in [0.05, 0.1) is 6.61 Å². The van der Waals surface area contributed by atoms with Crippen molar-refractivity contribution in [3.05, 3.63) is 35.9 Å². The summed E-state index contributed by atoms with van der Waals surface area (Å²) in [7, 11) is 1.69. The maximum Gasteiger partial charge on any atom is 0.126 e. The van der Waals surface area contributed by atoms with Gasteiger partial charge in [-0.2, -0.15) is 0 Å². The molecule has 0 heterocycles. The van der Waals surface area contributed by atoms with E-state index in [0.717, 1.165) is 30.8 Å². The molecule has 3 heteroatoms. The highest BCUT2D eigenvalue weighted by atomic mass is 16.5. The van der Waals surface area contributed by atoms with Gasteiger partial charge in [0.1, 0.15) is 12.4 Å². The number of benzene rings is 1. The number of methoxy groups -OCH3 is 1. The molecule has 118 valence electrons. The van der Waals surface area contributed by atoms with Gasteiger partial charge < -0.3 is 14.8 Å². The van der Waals surface area contributed by atoms with Crippen molar-refractivity contribution in [2.45, 2.75) is 27.2 Å². The van der Waals surface area contributed by atoms with E-state index in [0.29, 0.717) is 19.1 Å². The summed E-state index contributed by atoms with van der Waals surface area (Å²) in [4.78, 5) is 0. The molecule has 21 heavy (non-hydrogen) atoms. The van der Waals surface area contributed by atoms with E-state index in [9.17, 15) is 0 Å². The van der Waals surface area contributed by atoms with Crippen LogP contribution < -0.4 is 10.1 Å². The largest absolute Gasteiger partial charge is 0.491 e. The van der Waals surface area contributed by atoms with Crippen molar-refractivity contribution in [3.63, 3.8) is 0 Å². The summed E-state index contributed by atoms with van der Waals surface area (Å²) < 4.78 is 10.8. The molecule has 0 unspecified atom stereocenters. The Hall–Kier alpha value is -1.32. The summed E-state index contributed by atoms with van der Waals surface area (Å²) >= 11 is 0. The average Bonchev–Trinajstić information content (AvgIpc) is 2.47. The number of para-hydroxylation sites is 1. The molecule has 0 spiro atoms. The minimum absolute atomic E-state index is 0.580.